The van der Waals surface area contributed by atoms with E-state index < -0.39 is 0 Å². The molecule has 0 bridgehead atoms. The van der Waals surface area contributed by atoms with Crippen LogP contribution in [-0.4, -0.2) is 14.6 Å². The van der Waals surface area contributed by atoms with Gasteiger partial charge in [-0.2, -0.15) is 5.10 Å². The topological polar surface area (TPSA) is 30.2 Å². The van der Waals surface area contributed by atoms with Crippen LogP contribution in [0.4, 0.5) is 4.39 Å². The van der Waals surface area contributed by atoms with E-state index in [-0.39, 0.29) is 11.0 Å². The lowest BCUT2D eigenvalue weighted by molar-refractivity contribution is 0.628. The van der Waals surface area contributed by atoms with Crippen LogP contribution in [0, 0.1) is 5.82 Å². The van der Waals surface area contributed by atoms with Crippen LogP contribution in [0.2, 0.25) is 10.3 Å². The molecule has 0 unspecified atom stereocenters. The summed E-state index contributed by atoms with van der Waals surface area (Å²) >= 11 is 12.7. The fourth-order valence-electron chi connectivity index (χ4n) is 2.22. The summed E-state index contributed by atoms with van der Waals surface area (Å²) < 4.78 is 14.6. The lowest BCUT2D eigenvalue weighted by Crippen LogP contribution is -1.97. The van der Waals surface area contributed by atoms with Gasteiger partial charge in [0, 0.05) is 6.07 Å². The summed E-state index contributed by atoms with van der Waals surface area (Å²) in [6.45, 7) is 2.08. The largest absolute Gasteiger partial charge is 0.216 e. The van der Waals surface area contributed by atoms with Crippen molar-refractivity contribution in [2.75, 3.05) is 0 Å². The van der Waals surface area contributed by atoms with Crippen molar-refractivity contribution in [3.8, 4) is 11.1 Å². The summed E-state index contributed by atoms with van der Waals surface area (Å²) in [7, 11) is 0. The fourth-order valence-corrected chi connectivity index (χ4v) is 2.88. The Morgan fingerprint density at radius 2 is 1.90 bits per heavy atom. The Morgan fingerprint density at radius 3 is 2.57 bits per heavy atom. The molecule has 0 amide bonds. The smallest absolute Gasteiger partial charge is 0.158 e. The van der Waals surface area contributed by atoms with Crippen LogP contribution in [0.25, 0.3) is 16.8 Å². The zero-order valence-electron chi connectivity index (χ0n) is 11.3. The number of aromatic nitrogens is 3. The molecule has 108 valence electrons. The number of hydrogen-bond donors (Lipinski definition) is 0. The van der Waals surface area contributed by atoms with Crippen molar-refractivity contribution in [3.05, 3.63) is 52.1 Å². The van der Waals surface area contributed by atoms with Gasteiger partial charge in [-0.05, 0) is 24.1 Å². The second-order valence-corrected chi connectivity index (χ2v) is 5.45. The number of nitrogens with zero attached hydrogens (tertiary/aromatic N) is 3. The molecule has 0 saturated carbocycles. The van der Waals surface area contributed by atoms with Crippen molar-refractivity contribution in [2.24, 2.45) is 0 Å². The number of benzene rings is 1. The highest BCUT2D eigenvalue weighted by molar-refractivity contribution is 6.38. The Balaban J connectivity index is 2.20. The Hall–Kier alpha value is -1.65. The molecule has 0 aliphatic heterocycles. The number of fused-ring (bicyclic) bond motifs is 1. The van der Waals surface area contributed by atoms with E-state index in [2.05, 4.69) is 17.0 Å². The Labute approximate surface area is 131 Å². The zero-order chi connectivity index (χ0) is 15.0. The van der Waals surface area contributed by atoms with Crippen molar-refractivity contribution in [1.82, 2.24) is 14.6 Å². The molecule has 0 saturated heterocycles. The average Bonchev–Trinajstić information content (AvgIpc) is 2.84. The van der Waals surface area contributed by atoms with Crippen molar-refractivity contribution in [3.63, 3.8) is 0 Å². The third kappa shape index (κ3) is 2.61. The molecule has 0 N–H and O–H groups in total. The van der Waals surface area contributed by atoms with E-state index in [1.807, 2.05) is 6.07 Å². The van der Waals surface area contributed by atoms with Gasteiger partial charge in [-0.1, -0.05) is 48.7 Å². The summed E-state index contributed by atoms with van der Waals surface area (Å²) in [4.78, 5) is 4.33. The molecule has 0 atom stereocenters. The number of rotatable bonds is 3. The number of halogens is 3. The van der Waals surface area contributed by atoms with Crippen LogP contribution >= 0.6 is 23.2 Å². The van der Waals surface area contributed by atoms with E-state index in [0.29, 0.717) is 21.9 Å². The lowest BCUT2D eigenvalue weighted by atomic mass is 10.1. The molecule has 21 heavy (non-hydrogen) atoms. The summed E-state index contributed by atoms with van der Waals surface area (Å²) in [6, 6.07) is 7.82. The summed E-state index contributed by atoms with van der Waals surface area (Å²) in [5.74, 6) is -0.315. The first-order valence-electron chi connectivity index (χ1n) is 6.59. The second kappa shape index (κ2) is 5.62. The minimum Gasteiger partial charge on any atom is -0.216 e. The first-order valence-corrected chi connectivity index (χ1v) is 7.35. The van der Waals surface area contributed by atoms with E-state index in [9.17, 15) is 4.39 Å². The minimum atomic E-state index is -0.315. The minimum absolute atomic E-state index is 0.280. The van der Waals surface area contributed by atoms with Gasteiger partial charge >= 0.3 is 0 Å². The van der Waals surface area contributed by atoms with Crippen LogP contribution in [0.3, 0.4) is 0 Å². The third-order valence-electron chi connectivity index (χ3n) is 3.19. The second-order valence-electron chi connectivity index (χ2n) is 4.73. The highest BCUT2D eigenvalue weighted by Gasteiger charge is 2.16. The molecule has 3 aromatic rings. The first-order chi connectivity index (χ1) is 10.1. The molecular weight excluding hydrogens is 312 g/mol. The predicted molar refractivity (Wildman–Crippen MR) is 82.4 cm³/mol. The van der Waals surface area contributed by atoms with Crippen LogP contribution in [0.1, 0.15) is 19.0 Å². The van der Waals surface area contributed by atoms with Crippen LogP contribution < -0.4 is 0 Å². The van der Waals surface area contributed by atoms with Gasteiger partial charge in [0.15, 0.2) is 5.65 Å². The van der Waals surface area contributed by atoms with Crippen molar-refractivity contribution in [2.45, 2.75) is 19.8 Å². The monoisotopic (exact) mass is 323 g/mol. The molecule has 0 fully saturated rings. The van der Waals surface area contributed by atoms with E-state index in [1.54, 1.807) is 16.6 Å². The Bertz CT molecular complexity index is 797. The van der Waals surface area contributed by atoms with Crippen molar-refractivity contribution < 1.29 is 4.39 Å². The van der Waals surface area contributed by atoms with Crippen LogP contribution in [-0.2, 0) is 6.42 Å². The average molecular weight is 324 g/mol. The molecule has 0 aliphatic rings. The van der Waals surface area contributed by atoms with Gasteiger partial charge < -0.3 is 0 Å². The van der Waals surface area contributed by atoms with Crippen LogP contribution in [0.15, 0.2) is 30.3 Å². The molecule has 3 nitrogen and oxygen atoms in total. The molecule has 2 heterocycles. The van der Waals surface area contributed by atoms with Crippen molar-refractivity contribution >= 4 is 28.8 Å². The Kier molecular flexibility index (Phi) is 3.83. The standard InChI is InChI=1S/C15H12Cl2FN3/c1-2-3-11-8-12-19-14(16)13(15(17)21(12)20-11)9-4-6-10(18)7-5-9/h4-8H,2-3H2,1H3. The van der Waals surface area contributed by atoms with Gasteiger partial charge in [0.1, 0.15) is 16.1 Å². The van der Waals surface area contributed by atoms with Crippen LogP contribution in [0.5, 0.6) is 0 Å². The predicted octanol–water partition coefficient (Wildman–Crippen LogP) is 4.79. The summed E-state index contributed by atoms with van der Waals surface area (Å²) in [5, 5.41) is 5.09. The highest BCUT2D eigenvalue weighted by atomic mass is 35.5. The van der Waals surface area contributed by atoms with Gasteiger partial charge in [0.05, 0.1) is 11.3 Å². The highest BCUT2D eigenvalue weighted by Crippen LogP contribution is 2.34. The quantitative estimate of drug-likeness (QED) is 0.648. The SMILES string of the molecule is CCCc1cc2nc(Cl)c(-c3ccc(F)cc3)c(Cl)n2n1. The fraction of sp³-hybridized carbons (Fsp3) is 0.200. The first kappa shape index (κ1) is 14.3. The van der Waals surface area contributed by atoms with Gasteiger partial charge in [-0.3, -0.25) is 0 Å². The molecule has 1 aromatic carbocycles. The van der Waals surface area contributed by atoms with Gasteiger partial charge in [0.2, 0.25) is 0 Å². The van der Waals surface area contributed by atoms with E-state index in [0.717, 1.165) is 18.5 Å². The van der Waals surface area contributed by atoms with E-state index in [4.69, 9.17) is 23.2 Å². The lowest BCUT2D eigenvalue weighted by Gasteiger charge is -2.08. The summed E-state index contributed by atoms with van der Waals surface area (Å²) in [5.41, 5.74) is 2.78. The molecular formula is C15H12Cl2FN3. The molecule has 0 aliphatic carbocycles. The maximum absolute atomic E-state index is 13.0. The normalized spacial score (nSPS) is 11.2. The molecule has 0 spiro atoms. The Morgan fingerprint density at radius 1 is 1.19 bits per heavy atom. The number of aryl methyl sites for hydroxylation is 1. The van der Waals surface area contributed by atoms with Gasteiger partial charge in [0.25, 0.3) is 0 Å². The molecule has 6 heteroatoms. The molecule has 3 rings (SSSR count). The maximum atomic E-state index is 13.0. The number of hydrogen-bond acceptors (Lipinski definition) is 2. The van der Waals surface area contributed by atoms with E-state index in [1.165, 1.54) is 12.1 Å². The van der Waals surface area contributed by atoms with Gasteiger partial charge in [-0.15, -0.1) is 0 Å². The van der Waals surface area contributed by atoms with Gasteiger partial charge in [-0.25, -0.2) is 13.9 Å². The zero-order valence-corrected chi connectivity index (χ0v) is 12.8. The van der Waals surface area contributed by atoms with E-state index >= 15 is 0 Å². The third-order valence-corrected chi connectivity index (χ3v) is 3.81. The summed E-state index contributed by atoms with van der Waals surface area (Å²) in [6.07, 6.45) is 1.84. The molecule has 2 aromatic heterocycles. The maximum Gasteiger partial charge on any atom is 0.158 e. The van der Waals surface area contributed by atoms with Crippen molar-refractivity contribution in [1.29, 1.82) is 0 Å². The molecule has 0 radical (unpaired) electrons.